The number of alkyl halides is 2. The molecule has 0 spiro atoms. The maximum Gasteiger partial charge on any atom is 0.311 e. The zero-order valence-electron chi connectivity index (χ0n) is 8.38. The van der Waals surface area contributed by atoms with Crippen LogP contribution < -0.4 is 0 Å². The molecule has 4 aliphatic carbocycles. The molecule has 0 amide bonds. The van der Waals surface area contributed by atoms with Crippen molar-refractivity contribution in [2.24, 2.45) is 23.2 Å². The van der Waals surface area contributed by atoms with Gasteiger partial charge in [0, 0.05) is 0 Å². The molecule has 0 aromatic carbocycles. The Morgan fingerprint density at radius 3 is 2.13 bits per heavy atom. The Balaban J connectivity index is 2.08. The van der Waals surface area contributed by atoms with Crippen molar-refractivity contribution in [2.45, 2.75) is 35.3 Å². The lowest BCUT2D eigenvalue weighted by Gasteiger charge is -2.61. The molecule has 4 fully saturated rings. The lowest BCUT2D eigenvalue weighted by molar-refractivity contribution is -0.164. The zero-order chi connectivity index (χ0) is 10.8. The third-order valence-corrected chi connectivity index (χ3v) is 7.55. The van der Waals surface area contributed by atoms with E-state index in [4.69, 9.17) is 0 Å². The molecule has 15 heavy (non-hydrogen) atoms. The second-order valence-corrected chi connectivity index (χ2v) is 9.12. The highest BCUT2D eigenvalue weighted by Crippen LogP contribution is 2.69. The highest BCUT2D eigenvalue weighted by atomic mass is 79.9. The maximum absolute atomic E-state index is 11.6. The minimum absolute atomic E-state index is 0.355. The number of carbonyl (C=O) groups is 1. The summed E-state index contributed by atoms with van der Waals surface area (Å²) in [7, 11) is 0. The Hall–Kier alpha value is 0.430. The monoisotopic (exact) mass is 336 g/mol. The van der Waals surface area contributed by atoms with E-state index in [0.29, 0.717) is 17.8 Å². The van der Waals surface area contributed by atoms with Crippen LogP contribution in [0.25, 0.3) is 0 Å². The fourth-order valence-corrected chi connectivity index (χ4v) is 5.98. The first-order chi connectivity index (χ1) is 6.96. The molecule has 84 valence electrons. The molecule has 4 aliphatic rings. The van der Waals surface area contributed by atoms with Gasteiger partial charge in [-0.3, -0.25) is 4.79 Å². The molecule has 4 heteroatoms. The number of aliphatic carboxylic acids is 1. The SMILES string of the molecule is O=C(O)C12CC3CC(CC(C3)C1(Br)Br)C2. The molecule has 2 atom stereocenters. The fourth-order valence-electron chi connectivity index (χ4n) is 4.24. The van der Waals surface area contributed by atoms with Gasteiger partial charge in [-0.15, -0.1) is 0 Å². The van der Waals surface area contributed by atoms with Gasteiger partial charge in [0.05, 0.1) is 8.65 Å². The van der Waals surface area contributed by atoms with Gasteiger partial charge in [0.15, 0.2) is 0 Å². The summed E-state index contributed by atoms with van der Waals surface area (Å²) in [6, 6.07) is 0. The van der Waals surface area contributed by atoms with Gasteiger partial charge in [-0.25, -0.2) is 0 Å². The van der Waals surface area contributed by atoms with E-state index in [-0.39, 0.29) is 3.23 Å². The molecule has 2 nitrogen and oxygen atoms in total. The van der Waals surface area contributed by atoms with E-state index in [1.54, 1.807) is 0 Å². The first kappa shape index (κ1) is 10.6. The highest BCUT2D eigenvalue weighted by Gasteiger charge is 2.67. The minimum Gasteiger partial charge on any atom is -0.481 e. The van der Waals surface area contributed by atoms with E-state index in [9.17, 15) is 9.90 Å². The van der Waals surface area contributed by atoms with Gasteiger partial charge in [0.25, 0.3) is 0 Å². The Bertz CT molecular complexity index is 313. The minimum atomic E-state index is -0.615. The van der Waals surface area contributed by atoms with E-state index in [1.165, 1.54) is 19.3 Å². The average molecular weight is 338 g/mol. The van der Waals surface area contributed by atoms with Gasteiger partial charge in [-0.2, -0.15) is 0 Å². The molecular weight excluding hydrogens is 324 g/mol. The van der Waals surface area contributed by atoms with Crippen molar-refractivity contribution in [1.82, 2.24) is 0 Å². The Kier molecular flexibility index (Phi) is 2.12. The van der Waals surface area contributed by atoms with Crippen molar-refractivity contribution in [3.63, 3.8) is 0 Å². The summed E-state index contributed by atoms with van der Waals surface area (Å²) in [6.07, 6.45) is 5.36. The van der Waals surface area contributed by atoms with Crippen LogP contribution in [0, 0.1) is 23.2 Å². The Labute approximate surface area is 106 Å². The summed E-state index contributed by atoms with van der Waals surface area (Å²) in [5.41, 5.74) is -0.554. The summed E-state index contributed by atoms with van der Waals surface area (Å²) < 4.78 is -0.355. The molecule has 0 aliphatic heterocycles. The van der Waals surface area contributed by atoms with Crippen molar-refractivity contribution in [2.75, 3.05) is 0 Å². The highest BCUT2D eigenvalue weighted by molar-refractivity contribution is 9.25. The molecular formula is C11H14Br2O2. The number of hydrogen-bond acceptors (Lipinski definition) is 1. The summed E-state index contributed by atoms with van der Waals surface area (Å²) in [5.74, 6) is 1.19. The largest absolute Gasteiger partial charge is 0.481 e. The molecule has 2 unspecified atom stereocenters. The van der Waals surface area contributed by atoms with Crippen LogP contribution in [-0.4, -0.2) is 14.3 Å². The molecule has 4 saturated carbocycles. The average Bonchev–Trinajstić information content (AvgIpc) is 2.13. The normalized spacial score (nSPS) is 50.7. The van der Waals surface area contributed by atoms with Crippen LogP contribution in [0.3, 0.4) is 0 Å². The lowest BCUT2D eigenvalue weighted by atomic mass is 9.49. The molecule has 0 heterocycles. The predicted molar refractivity (Wildman–Crippen MR) is 64.2 cm³/mol. The number of carboxylic acids is 1. The van der Waals surface area contributed by atoms with Crippen LogP contribution in [0.4, 0.5) is 0 Å². The van der Waals surface area contributed by atoms with Crippen molar-refractivity contribution in [1.29, 1.82) is 0 Å². The van der Waals surface area contributed by atoms with E-state index in [0.717, 1.165) is 12.8 Å². The fraction of sp³-hybridized carbons (Fsp3) is 0.909. The van der Waals surface area contributed by atoms with Crippen molar-refractivity contribution in [3.05, 3.63) is 0 Å². The standard InChI is InChI=1S/C11H14Br2O2/c12-11(13)8-2-6-1-7(3-8)5-10(11,4-6)9(14)15/h6-8H,1-5H2,(H,14,15). The molecule has 0 aromatic heterocycles. The number of halogens is 2. The first-order valence-electron chi connectivity index (χ1n) is 5.57. The van der Waals surface area contributed by atoms with Crippen molar-refractivity contribution >= 4 is 37.8 Å². The maximum atomic E-state index is 11.6. The Morgan fingerprint density at radius 2 is 1.67 bits per heavy atom. The van der Waals surface area contributed by atoms with E-state index in [1.807, 2.05) is 0 Å². The van der Waals surface area contributed by atoms with Crippen LogP contribution in [0.1, 0.15) is 32.1 Å². The summed E-state index contributed by atoms with van der Waals surface area (Å²) in [4.78, 5) is 11.6. The smallest absolute Gasteiger partial charge is 0.311 e. The van der Waals surface area contributed by atoms with Crippen LogP contribution in [0.5, 0.6) is 0 Å². The van der Waals surface area contributed by atoms with E-state index >= 15 is 0 Å². The van der Waals surface area contributed by atoms with Gasteiger partial charge in [-0.1, -0.05) is 31.9 Å². The molecule has 0 radical (unpaired) electrons. The molecule has 4 rings (SSSR count). The third kappa shape index (κ3) is 1.18. The molecule has 4 bridgehead atoms. The Morgan fingerprint density at radius 1 is 1.13 bits per heavy atom. The summed E-state index contributed by atoms with van der Waals surface area (Å²) in [5, 5.41) is 9.55. The van der Waals surface area contributed by atoms with Crippen molar-refractivity contribution < 1.29 is 9.90 Å². The van der Waals surface area contributed by atoms with Crippen molar-refractivity contribution in [3.8, 4) is 0 Å². The van der Waals surface area contributed by atoms with Crippen LogP contribution in [0.15, 0.2) is 0 Å². The molecule has 0 saturated heterocycles. The van der Waals surface area contributed by atoms with Crippen LogP contribution >= 0.6 is 31.9 Å². The molecule has 0 aromatic rings. The van der Waals surface area contributed by atoms with Gasteiger partial charge in [-0.05, 0) is 49.9 Å². The summed E-state index contributed by atoms with van der Waals surface area (Å²) in [6.45, 7) is 0. The van der Waals surface area contributed by atoms with Gasteiger partial charge in [0.1, 0.15) is 0 Å². The van der Waals surface area contributed by atoms with Crippen LogP contribution in [0.2, 0.25) is 0 Å². The topological polar surface area (TPSA) is 37.3 Å². The molecule has 1 N–H and O–H groups in total. The van der Waals surface area contributed by atoms with Gasteiger partial charge < -0.3 is 5.11 Å². The lowest BCUT2D eigenvalue weighted by Crippen LogP contribution is -2.61. The van der Waals surface area contributed by atoms with Crippen LogP contribution in [-0.2, 0) is 4.79 Å². The first-order valence-corrected chi connectivity index (χ1v) is 7.15. The van der Waals surface area contributed by atoms with Gasteiger partial charge in [0.2, 0.25) is 0 Å². The zero-order valence-corrected chi connectivity index (χ0v) is 11.6. The number of rotatable bonds is 1. The third-order valence-electron chi connectivity index (χ3n) is 4.74. The quantitative estimate of drug-likeness (QED) is 0.745. The van der Waals surface area contributed by atoms with E-state index in [2.05, 4.69) is 31.9 Å². The van der Waals surface area contributed by atoms with Gasteiger partial charge >= 0.3 is 5.97 Å². The predicted octanol–water partition coefficient (Wildman–Crippen LogP) is 3.38. The number of hydrogen-bond donors (Lipinski definition) is 1. The second kappa shape index (κ2) is 3.00. The number of carboxylic acid groups (broad SMARTS) is 1. The van der Waals surface area contributed by atoms with E-state index < -0.39 is 11.4 Å². The second-order valence-electron chi connectivity index (χ2n) is 5.55. The summed E-state index contributed by atoms with van der Waals surface area (Å²) >= 11 is 7.35.